The van der Waals surface area contributed by atoms with E-state index in [1.165, 1.54) is 10.4 Å². The molecule has 10 heteroatoms. The molecule has 1 aromatic rings. The number of hydrogen-bond donors (Lipinski definition) is 2. The quantitative estimate of drug-likeness (QED) is 0.370. The molecule has 1 fully saturated rings. The average Bonchev–Trinajstić information content (AvgIpc) is 2.65. The highest BCUT2D eigenvalue weighted by molar-refractivity contribution is 7.89. The lowest BCUT2D eigenvalue weighted by atomic mass is 9.99. The van der Waals surface area contributed by atoms with Crippen LogP contribution in [-0.4, -0.2) is 55.5 Å². The lowest BCUT2D eigenvalue weighted by Crippen LogP contribution is -2.46. The first-order valence-corrected chi connectivity index (χ1v) is 10.7. The summed E-state index contributed by atoms with van der Waals surface area (Å²) in [6, 6.07) is 6.31. The van der Waals surface area contributed by atoms with Crippen molar-refractivity contribution in [1.29, 1.82) is 0 Å². The molecular weight excluding hydrogens is 372 g/mol. The maximum absolute atomic E-state index is 12.3. The Morgan fingerprint density at radius 1 is 1.33 bits per heavy atom. The number of anilines is 1. The number of nitrogens with zero attached hydrogens (tertiary/aromatic N) is 2. The van der Waals surface area contributed by atoms with E-state index in [4.69, 9.17) is 0 Å². The molecule has 1 atom stereocenters. The van der Waals surface area contributed by atoms with Crippen LogP contribution in [0.15, 0.2) is 24.3 Å². The van der Waals surface area contributed by atoms with Gasteiger partial charge < -0.3 is 10.6 Å². The van der Waals surface area contributed by atoms with Crippen LogP contribution in [0.3, 0.4) is 0 Å². The van der Waals surface area contributed by atoms with Crippen molar-refractivity contribution in [2.24, 2.45) is 5.92 Å². The Kier molecular flexibility index (Phi) is 7.55. The first kappa shape index (κ1) is 21.1. The lowest BCUT2D eigenvalue weighted by Gasteiger charge is -2.31. The number of rotatable bonds is 9. The summed E-state index contributed by atoms with van der Waals surface area (Å²) in [5.74, 6) is -0.451. The lowest BCUT2D eigenvalue weighted by molar-refractivity contribution is -0.384. The summed E-state index contributed by atoms with van der Waals surface area (Å²) in [6.45, 7) is 3.12. The van der Waals surface area contributed by atoms with Gasteiger partial charge in [0, 0.05) is 32.2 Å². The summed E-state index contributed by atoms with van der Waals surface area (Å²) in [6.07, 6.45) is 1.87. The van der Waals surface area contributed by atoms with Crippen LogP contribution in [-0.2, 0) is 14.8 Å². The smallest absolute Gasteiger partial charge is 0.292 e. The van der Waals surface area contributed by atoms with Crippen LogP contribution < -0.4 is 10.6 Å². The Labute approximate surface area is 159 Å². The highest BCUT2D eigenvalue weighted by atomic mass is 32.2. The number of nitrogens with one attached hydrogen (secondary N) is 2. The second-order valence-electron chi connectivity index (χ2n) is 6.51. The van der Waals surface area contributed by atoms with E-state index in [0.717, 1.165) is 0 Å². The molecular formula is C17H26N4O5S. The molecule has 2 rings (SSSR count). The molecule has 0 aromatic heterocycles. The Hall–Kier alpha value is -2.20. The van der Waals surface area contributed by atoms with Crippen LogP contribution >= 0.6 is 0 Å². The number of benzene rings is 1. The van der Waals surface area contributed by atoms with E-state index < -0.39 is 14.9 Å². The number of nitro benzene ring substituents is 1. The molecule has 150 valence electrons. The minimum absolute atomic E-state index is 0.0205. The molecule has 27 heavy (non-hydrogen) atoms. The third-order valence-corrected chi connectivity index (χ3v) is 6.49. The zero-order valence-corrected chi connectivity index (χ0v) is 16.2. The molecule has 1 saturated heterocycles. The highest BCUT2D eigenvalue weighted by Crippen LogP contribution is 2.23. The summed E-state index contributed by atoms with van der Waals surface area (Å²) >= 11 is 0. The fourth-order valence-electron chi connectivity index (χ4n) is 3.11. The summed E-state index contributed by atoms with van der Waals surface area (Å²) in [5, 5.41) is 16.7. The summed E-state index contributed by atoms with van der Waals surface area (Å²) in [7, 11) is -3.30. The number of para-hydroxylation sites is 2. The van der Waals surface area contributed by atoms with Crippen molar-refractivity contribution in [2.45, 2.75) is 26.2 Å². The largest absolute Gasteiger partial charge is 0.378 e. The number of carbonyl (C=O) groups is 1. The number of nitro groups is 1. The van der Waals surface area contributed by atoms with Gasteiger partial charge in [-0.25, -0.2) is 12.7 Å². The number of sulfonamides is 1. The van der Waals surface area contributed by atoms with Crippen LogP contribution in [0.5, 0.6) is 0 Å². The number of carbonyl (C=O) groups excluding carboxylic acids is 1. The van der Waals surface area contributed by atoms with Crippen LogP contribution in [0, 0.1) is 16.0 Å². The van der Waals surface area contributed by atoms with Gasteiger partial charge in [-0.05, 0) is 25.3 Å². The normalized spacial score (nSPS) is 18.0. The molecule has 1 aliphatic rings. The predicted molar refractivity (Wildman–Crippen MR) is 103 cm³/mol. The van der Waals surface area contributed by atoms with Gasteiger partial charge >= 0.3 is 0 Å². The second-order valence-corrected chi connectivity index (χ2v) is 8.59. The minimum atomic E-state index is -3.30. The Morgan fingerprint density at radius 2 is 2.07 bits per heavy atom. The first-order valence-electron chi connectivity index (χ1n) is 9.08. The molecule has 0 bridgehead atoms. The highest BCUT2D eigenvalue weighted by Gasteiger charge is 2.31. The monoisotopic (exact) mass is 398 g/mol. The van der Waals surface area contributed by atoms with Gasteiger partial charge in [0.2, 0.25) is 15.9 Å². The standard InChI is InChI=1S/C17H26N4O5S/c1-2-12-27(25,26)20-11-5-6-14(13-20)17(22)19-10-9-18-15-7-3-4-8-16(15)21(23)24/h3-4,7-8,14,18H,2,5-6,9-13H2,1H3,(H,19,22)/t14-/m0/s1. The molecule has 0 spiro atoms. The molecule has 1 amide bonds. The fraction of sp³-hybridized carbons (Fsp3) is 0.588. The van der Waals surface area contributed by atoms with Crippen LogP contribution in [0.25, 0.3) is 0 Å². The van der Waals surface area contributed by atoms with Gasteiger partial charge in [-0.15, -0.1) is 0 Å². The minimum Gasteiger partial charge on any atom is -0.378 e. The van der Waals surface area contributed by atoms with Gasteiger partial charge in [0.15, 0.2) is 0 Å². The topological polar surface area (TPSA) is 122 Å². The van der Waals surface area contributed by atoms with Gasteiger partial charge in [0.1, 0.15) is 5.69 Å². The third-order valence-electron chi connectivity index (χ3n) is 4.45. The molecule has 0 saturated carbocycles. The van der Waals surface area contributed by atoms with Crippen molar-refractivity contribution in [3.63, 3.8) is 0 Å². The second kappa shape index (κ2) is 9.65. The number of amides is 1. The van der Waals surface area contributed by atoms with Crippen molar-refractivity contribution < 1.29 is 18.1 Å². The van der Waals surface area contributed by atoms with E-state index in [1.807, 2.05) is 6.92 Å². The van der Waals surface area contributed by atoms with E-state index in [2.05, 4.69) is 10.6 Å². The fourth-order valence-corrected chi connectivity index (χ4v) is 4.69. The van der Waals surface area contributed by atoms with E-state index in [-0.39, 0.29) is 29.8 Å². The summed E-state index contributed by atoms with van der Waals surface area (Å²) in [5.41, 5.74) is 0.374. The molecule has 1 aliphatic heterocycles. The van der Waals surface area contributed by atoms with Crippen molar-refractivity contribution in [3.05, 3.63) is 34.4 Å². The summed E-state index contributed by atoms with van der Waals surface area (Å²) < 4.78 is 25.8. The van der Waals surface area contributed by atoms with Crippen LogP contribution in [0.1, 0.15) is 26.2 Å². The average molecular weight is 398 g/mol. The maximum Gasteiger partial charge on any atom is 0.292 e. The van der Waals surface area contributed by atoms with E-state index >= 15 is 0 Å². The van der Waals surface area contributed by atoms with Gasteiger partial charge in [-0.2, -0.15) is 0 Å². The van der Waals surface area contributed by atoms with E-state index in [1.54, 1.807) is 18.2 Å². The zero-order chi connectivity index (χ0) is 19.9. The Bertz CT molecular complexity index is 768. The molecule has 1 aromatic carbocycles. The first-order chi connectivity index (χ1) is 12.8. The van der Waals surface area contributed by atoms with Gasteiger partial charge in [-0.1, -0.05) is 19.1 Å². The predicted octanol–water partition coefficient (Wildman–Crippen LogP) is 1.57. The Balaban J connectivity index is 1.81. The number of piperidine rings is 1. The maximum atomic E-state index is 12.3. The van der Waals surface area contributed by atoms with Crippen molar-refractivity contribution >= 4 is 27.3 Å². The van der Waals surface area contributed by atoms with Crippen molar-refractivity contribution in [2.75, 3.05) is 37.2 Å². The summed E-state index contributed by atoms with van der Waals surface area (Å²) in [4.78, 5) is 22.9. The zero-order valence-electron chi connectivity index (χ0n) is 15.4. The van der Waals surface area contributed by atoms with E-state index in [9.17, 15) is 23.3 Å². The van der Waals surface area contributed by atoms with Crippen LogP contribution in [0.4, 0.5) is 11.4 Å². The SMILES string of the molecule is CCCS(=O)(=O)N1CCC[C@H](C(=O)NCCNc2ccccc2[N+](=O)[O-])C1. The van der Waals surface area contributed by atoms with Crippen LogP contribution in [0.2, 0.25) is 0 Å². The molecule has 0 radical (unpaired) electrons. The van der Waals surface area contributed by atoms with E-state index in [0.29, 0.717) is 44.6 Å². The van der Waals surface area contributed by atoms with Gasteiger partial charge in [0.05, 0.1) is 16.6 Å². The van der Waals surface area contributed by atoms with Gasteiger partial charge in [0.25, 0.3) is 5.69 Å². The number of hydrogen-bond acceptors (Lipinski definition) is 6. The molecule has 9 nitrogen and oxygen atoms in total. The molecule has 0 aliphatic carbocycles. The Morgan fingerprint density at radius 3 is 2.78 bits per heavy atom. The van der Waals surface area contributed by atoms with Crippen molar-refractivity contribution in [1.82, 2.24) is 9.62 Å². The third kappa shape index (κ3) is 5.90. The van der Waals surface area contributed by atoms with Crippen molar-refractivity contribution in [3.8, 4) is 0 Å². The van der Waals surface area contributed by atoms with Gasteiger partial charge in [-0.3, -0.25) is 14.9 Å². The molecule has 0 unspecified atom stereocenters. The molecule has 2 N–H and O–H groups in total. The molecule has 1 heterocycles.